The van der Waals surface area contributed by atoms with Gasteiger partial charge in [0.1, 0.15) is 5.76 Å². The third kappa shape index (κ3) is 5.66. The van der Waals surface area contributed by atoms with Gasteiger partial charge in [0.2, 0.25) is 5.91 Å². The van der Waals surface area contributed by atoms with Crippen LogP contribution in [0, 0.1) is 0 Å². The standard InChI is InChI=1S/C12H19BrN2O3/c1-9(10-3-4-11(13)18-10)14-6-5-12(16)15-7-8-17-2/h3-4,9,14H,5-8H2,1-2H3,(H,15,16). The van der Waals surface area contributed by atoms with E-state index >= 15 is 0 Å². The van der Waals surface area contributed by atoms with Crippen molar-refractivity contribution >= 4 is 21.8 Å². The summed E-state index contributed by atoms with van der Waals surface area (Å²) < 4.78 is 11.0. The number of methoxy groups -OCH3 is 1. The van der Waals surface area contributed by atoms with Crippen LogP contribution in [0.4, 0.5) is 0 Å². The Kier molecular flexibility index (Phi) is 7.00. The van der Waals surface area contributed by atoms with E-state index in [0.29, 0.717) is 30.8 Å². The van der Waals surface area contributed by atoms with Gasteiger partial charge in [0.15, 0.2) is 4.67 Å². The molecule has 2 N–H and O–H groups in total. The van der Waals surface area contributed by atoms with Crippen molar-refractivity contribution in [3.8, 4) is 0 Å². The summed E-state index contributed by atoms with van der Waals surface area (Å²) >= 11 is 3.26. The Morgan fingerprint density at radius 1 is 1.50 bits per heavy atom. The first kappa shape index (κ1) is 15.2. The molecule has 0 bridgehead atoms. The molecule has 5 nitrogen and oxygen atoms in total. The molecule has 1 aromatic heterocycles. The van der Waals surface area contributed by atoms with E-state index in [1.807, 2.05) is 19.1 Å². The van der Waals surface area contributed by atoms with Gasteiger partial charge < -0.3 is 19.8 Å². The van der Waals surface area contributed by atoms with Gasteiger partial charge in [-0.2, -0.15) is 0 Å². The summed E-state index contributed by atoms with van der Waals surface area (Å²) in [5.41, 5.74) is 0. The maximum Gasteiger partial charge on any atom is 0.221 e. The number of carbonyl (C=O) groups excluding carboxylic acids is 1. The van der Waals surface area contributed by atoms with E-state index in [1.54, 1.807) is 7.11 Å². The van der Waals surface area contributed by atoms with E-state index in [-0.39, 0.29) is 11.9 Å². The zero-order valence-corrected chi connectivity index (χ0v) is 12.2. The number of amides is 1. The molecule has 0 aliphatic carbocycles. The van der Waals surface area contributed by atoms with Crippen LogP contribution in [0.1, 0.15) is 25.1 Å². The molecule has 0 fully saturated rings. The molecule has 1 aromatic rings. The number of rotatable bonds is 8. The van der Waals surface area contributed by atoms with Gasteiger partial charge in [-0.15, -0.1) is 0 Å². The topological polar surface area (TPSA) is 63.5 Å². The SMILES string of the molecule is COCCNC(=O)CCNC(C)c1ccc(Br)o1. The van der Waals surface area contributed by atoms with Crippen LogP contribution in [0.2, 0.25) is 0 Å². The van der Waals surface area contributed by atoms with Crippen LogP contribution in [0.25, 0.3) is 0 Å². The number of furan rings is 1. The molecule has 0 aliphatic heterocycles. The number of hydrogen-bond donors (Lipinski definition) is 2. The van der Waals surface area contributed by atoms with E-state index in [1.165, 1.54) is 0 Å². The number of ether oxygens (including phenoxy) is 1. The molecule has 0 saturated carbocycles. The zero-order valence-electron chi connectivity index (χ0n) is 10.7. The number of carbonyl (C=O) groups is 1. The molecule has 0 aromatic carbocycles. The fourth-order valence-electron chi connectivity index (χ4n) is 1.44. The summed E-state index contributed by atoms with van der Waals surface area (Å²) in [6.45, 7) is 3.69. The highest BCUT2D eigenvalue weighted by Crippen LogP contribution is 2.19. The second kappa shape index (κ2) is 8.29. The van der Waals surface area contributed by atoms with Crippen LogP contribution in [0.15, 0.2) is 21.2 Å². The maximum absolute atomic E-state index is 11.4. The third-order valence-corrected chi connectivity index (χ3v) is 2.88. The first-order valence-electron chi connectivity index (χ1n) is 5.87. The maximum atomic E-state index is 11.4. The van der Waals surface area contributed by atoms with Crippen molar-refractivity contribution in [2.24, 2.45) is 0 Å². The van der Waals surface area contributed by atoms with Gasteiger partial charge in [0.05, 0.1) is 12.6 Å². The van der Waals surface area contributed by atoms with Crippen LogP contribution in [-0.4, -0.2) is 32.7 Å². The van der Waals surface area contributed by atoms with Crippen molar-refractivity contribution in [3.05, 3.63) is 22.6 Å². The highest BCUT2D eigenvalue weighted by molar-refractivity contribution is 9.10. The van der Waals surface area contributed by atoms with Crippen molar-refractivity contribution in [3.63, 3.8) is 0 Å². The number of hydrogen-bond acceptors (Lipinski definition) is 4. The van der Waals surface area contributed by atoms with Crippen LogP contribution in [-0.2, 0) is 9.53 Å². The molecule has 18 heavy (non-hydrogen) atoms. The summed E-state index contributed by atoms with van der Waals surface area (Å²) in [7, 11) is 1.61. The lowest BCUT2D eigenvalue weighted by Gasteiger charge is -2.11. The summed E-state index contributed by atoms with van der Waals surface area (Å²) in [5, 5.41) is 5.99. The summed E-state index contributed by atoms with van der Waals surface area (Å²) in [5.74, 6) is 0.869. The van der Waals surface area contributed by atoms with Gasteiger partial charge in [-0.05, 0) is 35.0 Å². The molecule has 0 aliphatic rings. The van der Waals surface area contributed by atoms with Crippen molar-refractivity contribution in [2.45, 2.75) is 19.4 Å². The van der Waals surface area contributed by atoms with Crippen LogP contribution < -0.4 is 10.6 Å². The second-order valence-corrected chi connectivity index (χ2v) is 4.69. The number of nitrogens with one attached hydrogen (secondary N) is 2. The highest BCUT2D eigenvalue weighted by Gasteiger charge is 2.09. The summed E-state index contributed by atoms with van der Waals surface area (Å²) in [6.07, 6.45) is 0.440. The molecule has 6 heteroatoms. The Hall–Kier alpha value is -0.850. The third-order valence-electron chi connectivity index (χ3n) is 2.45. The molecule has 102 valence electrons. The molecule has 0 saturated heterocycles. The fraction of sp³-hybridized carbons (Fsp3) is 0.583. The number of halogens is 1. The molecule has 1 amide bonds. The lowest BCUT2D eigenvalue weighted by molar-refractivity contribution is -0.121. The zero-order chi connectivity index (χ0) is 13.4. The Balaban J connectivity index is 2.15. The lowest BCUT2D eigenvalue weighted by Crippen LogP contribution is -2.30. The van der Waals surface area contributed by atoms with Gasteiger partial charge in [-0.3, -0.25) is 4.79 Å². The van der Waals surface area contributed by atoms with Gasteiger partial charge in [-0.25, -0.2) is 0 Å². The quantitative estimate of drug-likeness (QED) is 0.718. The van der Waals surface area contributed by atoms with Gasteiger partial charge in [0.25, 0.3) is 0 Å². The fourth-order valence-corrected chi connectivity index (χ4v) is 1.76. The van der Waals surface area contributed by atoms with Crippen molar-refractivity contribution in [1.29, 1.82) is 0 Å². The van der Waals surface area contributed by atoms with Gasteiger partial charge in [0, 0.05) is 26.6 Å². The molecule has 1 atom stereocenters. The van der Waals surface area contributed by atoms with Crippen LogP contribution in [0.3, 0.4) is 0 Å². The average Bonchev–Trinajstić information content (AvgIpc) is 2.76. The smallest absolute Gasteiger partial charge is 0.221 e. The molecule has 1 heterocycles. The van der Waals surface area contributed by atoms with E-state index in [9.17, 15) is 4.79 Å². The lowest BCUT2D eigenvalue weighted by atomic mass is 10.2. The first-order chi connectivity index (χ1) is 8.63. The molecular formula is C12H19BrN2O3. The van der Waals surface area contributed by atoms with E-state index in [4.69, 9.17) is 9.15 Å². The minimum Gasteiger partial charge on any atom is -0.453 e. The highest BCUT2D eigenvalue weighted by atomic mass is 79.9. The van der Waals surface area contributed by atoms with Crippen molar-refractivity contribution < 1.29 is 13.9 Å². The Morgan fingerprint density at radius 2 is 2.28 bits per heavy atom. The van der Waals surface area contributed by atoms with Gasteiger partial charge in [-0.1, -0.05) is 0 Å². The predicted molar refractivity (Wildman–Crippen MR) is 72.3 cm³/mol. The largest absolute Gasteiger partial charge is 0.453 e. The normalized spacial score (nSPS) is 12.4. The second-order valence-electron chi connectivity index (χ2n) is 3.91. The minimum absolute atomic E-state index is 0.0207. The first-order valence-corrected chi connectivity index (χ1v) is 6.67. The average molecular weight is 319 g/mol. The minimum atomic E-state index is 0.0207. The Morgan fingerprint density at radius 3 is 2.89 bits per heavy atom. The Labute approximate surface area is 115 Å². The monoisotopic (exact) mass is 318 g/mol. The van der Waals surface area contributed by atoms with Crippen LogP contribution >= 0.6 is 15.9 Å². The molecule has 1 unspecified atom stereocenters. The van der Waals surface area contributed by atoms with Crippen molar-refractivity contribution in [1.82, 2.24) is 10.6 Å². The molecule has 1 rings (SSSR count). The summed E-state index contributed by atoms with van der Waals surface area (Å²) in [6, 6.07) is 3.84. The molecule has 0 spiro atoms. The van der Waals surface area contributed by atoms with Crippen LogP contribution in [0.5, 0.6) is 0 Å². The van der Waals surface area contributed by atoms with Crippen molar-refractivity contribution in [2.75, 3.05) is 26.8 Å². The Bertz CT molecular complexity index is 368. The van der Waals surface area contributed by atoms with E-state index < -0.39 is 0 Å². The predicted octanol–water partition coefficient (Wildman–Crippen LogP) is 1.85. The van der Waals surface area contributed by atoms with E-state index in [2.05, 4.69) is 26.6 Å². The van der Waals surface area contributed by atoms with E-state index in [0.717, 1.165) is 5.76 Å². The summed E-state index contributed by atoms with van der Waals surface area (Å²) in [4.78, 5) is 11.4. The van der Waals surface area contributed by atoms with Gasteiger partial charge >= 0.3 is 0 Å². The molecule has 0 radical (unpaired) electrons. The molecular weight excluding hydrogens is 300 g/mol.